The van der Waals surface area contributed by atoms with Crippen molar-refractivity contribution in [2.45, 2.75) is 6.92 Å². The van der Waals surface area contributed by atoms with Gasteiger partial charge in [-0.05, 0) is 19.1 Å². The van der Waals surface area contributed by atoms with E-state index in [1.54, 1.807) is 24.3 Å². The largest absolute Gasteiger partial charge is 0.382 e. The number of para-hydroxylation sites is 1. The molecule has 3 nitrogen and oxygen atoms in total. The molecule has 5 heteroatoms. The van der Waals surface area contributed by atoms with Crippen LogP contribution in [0.2, 0.25) is 0 Å². The Balaban J connectivity index is 0.00000112. The Morgan fingerprint density at radius 2 is 2.00 bits per heavy atom. The molecule has 0 aliphatic rings. The Morgan fingerprint density at radius 3 is 2.53 bits per heavy atom. The van der Waals surface area contributed by atoms with Crippen molar-refractivity contribution in [1.82, 2.24) is 9.78 Å². The molecule has 2 rings (SSSR count). The van der Waals surface area contributed by atoms with Crippen LogP contribution < -0.4 is 5.73 Å². The number of nitrogen functional groups attached to an aromatic ring is 1. The molecule has 0 aliphatic carbocycles. The number of nitrogens with zero attached hydrogens (tertiary/aromatic N) is 2. The van der Waals surface area contributed by atoms with Gasteiger partial charge in [-0.3, -0.25) is 0 Å². The van der Waals surface area contributed by atoms with Gasteiger partial charge in [0.05, 0.1) is 0 Å². The van der Waals surface area contributed by atoms with Crippen molar-refractivity contribution >= 4 is 18.2 Å². The summed E-state index contributed by atoms with van der Waals surface area (Å²) in [6.45, 7) is 1.83. The molecule has 0 atom stereocenters. The number of nitrogens with two attached hydrogens (primary N) is 1. The van der Waals surface area contributed by atoms with E-state index in [9.17, 15) is 4.39 Å². The smallest absolute Gasteiger partial charge is 0.148 e. The molecule has 15 heavy (non-hydrogen) atoms. The molecular weight excluding hydrogens is 217 g/mol. The average Bonchev–Trinajstić information content (AvgIpc) is 2.46. The van der Waals surface area contributed by atoms with Crippen LogP contribution in [0.25, 0.3) is 5.69 Å². The summed E-state index contributed by atoms with van der Waals surface area (Å²) >= 11 is 0. The number of rotatable bonds is 1. The molecule has 1 aromatic heterocycles. The molecule has 1 heterocycles. The molecule has 0 unspecified atom stereocenters. The second-order valence-corrected chi connectivity index (χ2v) is 3.07. The Hall–Kier alpha value is -1.55. The molecule has 0 bridgehead atoms. The summed E-state index contributed by atoms with van der Waals surface area (Å²) in [5.41, 5.74) is 6.74. The van der Waals surface area contributed by atoms with Crippen molar-refractivity contribution in [2.24, 2.45) is 0 Å². The molecule has 0 fully saturated rings. The first kappa shape index (κ1) is 11.5. The first-order valence-electron chi connectivity index (χ1n) is 4.25. The SMILES string of the molecule is Cc1cc(N)nn1-c1ccccc1F.Cl. The second-order valence-electron chi connectivity index (χ2n) is 3.07. The van der Waals surface area contributed by atoms with E-state index in [0.717, 1.165) is 5.69 Å². The van der Waals surface area contributed by atoms with Crippen molar-refractivity contribution in [1.29, 1.82) is 0 Å². The molecule has 2 aromatic rings. The standard InChI is InChI=1S/C10H10FN3.ClH/c1-7-6-10(12)13-14(7)9-5-3-2-4-8(9)11;/h2-6H,1H3,(H2,12,13);1H. The van der Waals surface area contributed by atoms with Crippen LogP contribution in [0.4, 0.5) is 10.2 Å². The first-order chi connectivity index (χ1) is 6.68. The summed E-state index contributed by atoms with van der Waals surface area (Å²) in [4.78, 5) is 0. The minimum atomic E-state index is -0.307. The van der Waals surface area contributed by atoms with Gasteiger partial charge in [-0.15, -0.1) is 12.4 Å². The topological polar surface area (TPSA) is 43.8 Å². The lowest BCUT2D eigenvalue weighted by atomic mass is 10.3. The van der Waals surface area contributed by atoms with Crippen LogP contribution >= 0.6 is 12.4 Å². The maximum absolute atomic E-state index is 13.4. The average molecular weight is 228 g/mol. The predicted molar refractivity (Wildman–Crippen MR) is 59.9 cm³/mol. The van der Waals surface area contributed by atoms with Gasteiger partial charge in [0.1, 0.15) is 17.3 Å². The zero-order chi connectivity index (χ0) is 10.1. The number of aryl methyl sites for hydroxylation is 1. The van der Waals surface area contributed by atoms with Crippen molar-refractivity contribution in [2.75, 3.05) is 5.73 Å². The monoisotopic (exact) mass is 227 g/mol. The van der Waals surface area contributed by atoms with Gasteiger partial charge < -0.3 is 5.73 Å². The number of aromatic nitrogens is 2. The summed E-state index contributed by atoms with van der Waals surface area (Å²) in [5.74, 6) is 0.0875. The molecule has 0 aliphatic heterocycles. The summed E-state index contributed by atoms with van der Waals surface area (Å²) in [6, 6.07) is 8.16. The van der Waals surface area contributed by atoms with Gasteiger partial charge in [0.15, 0.2) is 0 Å². The summed E-state index contributed by atoms with van der Waals surface area (Å²) in [6.07, 6.45) is 0. The van der Waals surface area contributed by atoms with E-state index < -0.39 is 0 Å². The minimum absolute atomic E-state index is 0. The highest BCUT2D eigenvalue weighted by Gasteiger charge is 2.07. The normalized spacial score (nSPS) is 9.73. The minimum Gasteiger partial charge on any atom is -0.382 e. The van der Waals surface area contributed by atoms with Crippen molar-refractivity contribution in [3.8, 4) is 5.69 Å². The maximum Gasteiger partial charge on any atom is 0.148 e. The van der Waals surface area contributed by atoms with Gasteiger partial charge in [0, 0.05) is 11.8 Å². The van der Waals surface area contributed by atoms with E-state index in [1.807, 2.05) is 6.92 Å². The number of halogens is 2. The molecular formula is C10H11ClFN3. The van der Waals surface area contributed by atoms with Crippen LogP contribution in [0, 0.1) is 12.7 Å². The van der Waals surface area contributed by atoms with E-state index in [1.165, 1.54) is 10.7 Å². The van der Waals surface area contributed by atoms with Crippen LogP contribution in [-0.4, -0.2) is 9.78 Å². The molecule has 1 aromatic carbocycles. The van der Waals surface area contributed by atoms with Crippen LogP contribution in [0.1, 0.15) is 5.69 Å². The highest BCUT2D eigenvalue weighted by molar-refractivity contribution is 5.85. The summed E-state index contributed by atoms with van der Waals surface area (Å²) in [7, 11) is 0. The fourth-order valence-corrected chi connectivity index (χ4v) is 1.37. The highest BCUT2D eigenvalue weighted by Crippen LogP contribution is 2.15. The Bertz CT molecular complexity index is 467. The van der Waals surface area contributed by atoms with Crippen molar-refractivity contribution in [3.63, 3.8) is 0 Å². The molecule has 0 amide bonds. The first-order valence-corrected chi connectivity index (χ1v) is 4.25. The third kappa shape index (κ3) is 2.10. The molecule has 0 radical (unpaired) electrons. The number of hydrogen-bond donors (Lipinski definition) is 1. The summed E-state index contributed by atoms with van der Waals surface area (Å²) < 4.78 is 14.9. The van der Waals surface area contributed by atoms with Crippen LogP contribution in [0.3, 0.4) is 0 Å². The van der Waals surface area contributed by atoms with Gasteiger partial charge in [-0.2, -0.15) is 5.10 Å². The van der Waals surface area contributed by atoms with Crippen molar-refractivity contribution in [3.05, 3.63) is 41.8 Å². The van der Waals surface area contributed by atoms with E-state index in [2.05, 4.69) is 5.10 Å². The lowest BCUT2D eigenvalue weighted by Crippen LogP contribution is -2.01. The number of hydrogen-bond acceptors (Lipinski definition) is 2. The molecule has 0 saturated heterocycles. The molecule has 2 N–H and O–H groups in total. The van der Waals surface area contributed by atoms with Crippen LogP contribution in [0.15, 0.2) is 30.3 Å². The molecule has 0 saturated carbocycles. The quantitative estimate of drug-likeness (QED) is 0.813. The van der Waals surface area contributed by atoms with Gasteiger partial charge >= 0.3 is 0 Å². The lowest BCUT2D eigenvalue weighted by molar-refractivity contribution is 0.609. The zero-order valence-electron chi connectivity index (χ0n) is 8.14. The number of anilines is 1. The van der Waals surface area contributed by atoms with E-state index in [-0.39, 0.29) is 18.2 Å². The van der Waals surface area contributed by atoms with E-state index in [4.69, 9.17) is 5.73 Å². The van der Waals surface area contributed by atoms with Gasteiger partial charge in [0.2, 0.25) is 0 Å². The summed E-state index contributed by atoms with van der Waals surface area (Å²) in [5, 5.41) is 4.00. The fourth-order valence-electron chi connectivity index (χ4n) is 1.37. The molecule has 80 valence electrons. The molecule has 0 spiro atoms. The van der Waals surface area contributed by atoms with Gasteiger partial charge in [0.25, 0.3) is 0 Å². The fraction of sp³-hybridized carbons (Fsp3) is 0.100. The lowest BCUT2D eigenvalue weighted by Gasteiger charge is -2.04. The second kappa shape index (κ2) is 4.31. The predicted octanol–water partition coefficient (Wildman–Crippen LogP) is 2.32. The van der Waals surface area contributed by atoms with E-state index >= 15 is 0 Å². The van der Waals surface area contributed by atoms with Crippen LogP contribution in [0.5, 0.6) is 0 Å². The Morgan fingerprint density at radius 1 is 1.33 bits per heavy atom. The Labute approximate surface area is 93.1 Å². The van der Waals surface area contributed by atoms with Gasteiger partial charge in [-0.1, -0.05) is 12.1 Å². The van der Waals surface area contributed by atoms with Gasteiger partial charge in [-0.25, -0.2) is 9.07 Å². The van der Waals surface area contributed by atoms with Crippen LogP contribution in [-0.2, 0) is 0 Å². The highest BCUT2D eigenvalue weighted by atomic mass is 35.5. The third-order valence-electron chi connectivity index (χ3n) is 1.99. The van der Waals surface area contributed by atoms with Crippen molar-refractivity contribution < 1.29 is 4.39 Å². The maximum atomic E-state index is 13.4. The number of benzene rings is 1. The third-order valence-corrected chi connectivity index (χ3v) is 1.99. The Kier molecular flexibility index (Phi) is 3.31. The zero-order valence-corrected chi connectivity index (χ0v) is 8.96. The van der Waals surface area contributed by atoms with E-state index in [0.29, 0.717) is 11.5 Å².